The highest BCUT2D eigenvalue weighted by molar-refractivity contribution is 5.93. The quantitative estimate of drug-likeness (QED) is 0.437. The van der Waals surface area contributed by atoms with Gasteiger partial charge in [0.25, 0.3) is 0 Å². The van der Waals surface area contributed by atoms with Crippen molar-refractivity contribution in [1.82, 2.24) is 5.32 Å². The molecule has 0 aliphatic rings. The number of hydrogen-bond donors (Lipinski definition) is 2. The summed E-state index contributed by atoms with van der Waals surface area (Å²) >= 11 is 0. The van der Waals surface area contributed by atoms with Crippen LogP contribution >= 0.6 is 0 Å². The van der Waals surface area contributed by atoms with Crippen molar-refractivity contribution < 1.29 is 14.2 Å². The third-order valence-corrected chi connectivity index (χ3v) is 2.69. The topological polar surface area (TPSA) is 64.1 Å². The standard InChI is InChI=1S/C15H25N3O3/c1-5-20-10-9-17-15(16-3)18-12-7-8-13(21-6-2)14(11-12)19-4/h7-8,11H,5-6,9-10H2,1-4H3,(H2,16,17,18). The maximum absolute atomic E-state index is 5.49. The molecule has 0 unspecified atom stereocenters. The SMILES string of the molecule is CCOCCNC(=NC)Nc1ccc(OCC)c(OC)c1. The van der Waals surface area contributed by atoms with Crippen LogP contribution in [0.4, 0.5) is 5.69 Å². The number of benzene rings is 1. The summed E-state index contributed by atoms with van der Waals surface area (Å²) in [6, 6.07) is 5.67. The lowest BCUT2D eigenvalue weighted by atomic mass is 10.2. The van der Waals surface area contributed by atoms with E-state index >= 15 is 0 Å². The zero-order valence-electron chi connectivity index (χ0n) is 13.2. The van der Waals surface area contributed by atoms with Gasteiger partial charge in [-0.05, 0) is 26.0 Å². The highest BCUT2D eigenvalue weighted by Gasteiger charge is 2.06. The molecule has 0 atom stereocenters. The summed E-state index contributed by atoms with van der Waals surface area (Å²) in [4.78, 5) is 4.16. The fraction of sp³-hybridized carbons (Fsp3) is 0.533. The predicted octanol–water partition coefficient (Wildman–Crippen LogP) is 2.12. The van der Waals surface area contributed by atoms with Gasteiger partial charge in [-0.15, -0.1) is 0 Å². The lowest BCUT2D eigenvalue weighted by molar-refractivity contribution is 0.152. The maximum atomic E-state index is 5.49. The number of aliphatic imine (C=N–C) groups is 1. The van der Waals surface area contributed by atoms with Gasteiger partial charge in [-0.3, -0.25) is 4.99 Å². The van der Waals surface area contributed by atoms with Crippen molar-refractivity contribution in [3.8, 4) is 11.5 Å². The zero-order chi connectivity index (χ0) is 15.5. The average Bonchev–Trinajstić information content (AvgIpc) is 2.51. The van der Waals surface area contributed by atoms with Gasteiger partial charge in [0.2, 0.25) is 0 Å². The van der Waals surface area contributed by atoms with Crippen LogP contribution < -0.4 is 20.1 Å². The van der Waals surface area contributed by atoms with Crippen LogP contribution in [0, 0.1) is 0 Å². The molecule has 21 heavy (non-hydrogen) atoms. The van der Waals surface area contributed by atoms with Gasteiger partial charge in [-0.2, -0.15) is 0 Å². The molecule has 0 fully saturated rings. The van der Waals surface area contributed by atoms with Crippen LogP contribution in [0.25, 0.3) is 0 Å². The highest BCUT2D eigenvalue weighted by Crippen LogP contribution is 2.30. The van der Waals surface area contributed by atoms with Gasteiger partial charge >= 0.3 is 0 Å². The molecule has 118 valence electrons. The maximum Gasteiger partial charge on any atom is 0.195 e. The molecule has 0 amide bonds. The van der Waals surface area contributed by atoms with Gasteiger partial charge in [-0.25, -0.2) is 0 Å². The van der Waals surface area contributed by atoms with Crippen molar-refractivity contribution in [1.29, 1.82) is 0 Å². The van der Waals surface area contributed by atoms with Gasteiger partial charge < -0.3 is 24.8 Å². The summed E-state index contributed by atoms with van der Waals surface area (Å²) in [7, 11) is 3.35. The molecule has 1 aromatic rings. The monoisotopic (exact) mass is 295 g/mol. The molecule has 2 N–H and O–H groups in total. The second-order valence-corrected chi connectivity index (χ2v) is 4.12. The minimum absolute atomic E-state index is 0.601. The van der Waals surface area contributed by atoms with Crippen molar-refractivity contribution in [2.75, 3.05) is 45.8 Å². The van der Waals surface area contributed by atoms with E-state index in [9.17, 15) is 0 Å². The van der Waals surface area contributed by atoms with Crippen molar-refractivity contribution >= 4 is 11.6 Å². The van der Waals surface area contributed by atoms with Crippen molar-refractivity contribution in [3.63, 3.8) is 0 Å². The van der Waals surface area contributed by atoms with E-state index in [1.165, 1.54) is 0 Å². The lowest BCUT2D eigenvalue weighted by Gasteiger charge is -2.14. The van der Waals surface area contributed by atoms with E-state index in [0.717, 1.165) is 11.4 Å². The summed E-state index contributed by atoms with van der Waals surface area (Å²) in [6.45, 7) is 6.56. The molecule has 0 bridgehead atoms. The Morgan fingerprint density at radius 1 is 1.19 bits per heavy atom. The summed E-state index contributed by atoms with van der Waals surface area (Å²) in [5.74, 6) is 2.09. The van der Waals surface area contributed by atoms with E-state index in [1.54, 1.807) is 14.2 Å². The Balaban J connectivity index is 2.63. The zero-order valence-corrected chi connectivity index (χ0v) is 13.2. The average molecular weight is 295 g/mol. The van der Waals surface area contributed by atoms with Crippen LogP contribution in [-0.4, -0.2) is 46.5 Å². The summed E-state index contributed by atoms with van der Waals surface area (Å²) in [5, 5.41) is 6.37. The van der Waals surface area contributed by atoms with Crippen LogP contribution in [0.5, 0.6) is 11.5 Å². The van der Waals surface area contributed by atoms with Crippen LogP contribution in [0.3, 0.4) is 0 Å². The minimum atomic E-state index is 0.601. The Morgan fingerprint density at radius 3 is 2.62 bits per heavy atom. The molecule has 0 radical (unpaired) electrons. The first-order valence-corrected chi connectivity index (χ1v) is 7.11. The first kappa shape index (κ1) is 17.1. The smallest absolute Gasteiger partial charge is 0.195 e. The molecular formula is C15H25N3O3. The lowest BCUT2D eigenvalue weighted by Crippen LogP contribution is -2.33. The molecule has 0 aliphatic heterocycles. The van der Waals surface area contributed by atoms with E-state index < -0.39 is 0 Å². The van der Waals surface area contributed by atoms with E-state index in [-0.39, 0.29) is 0 Å². The fourth-order valence-electron chi connectivity index (χ4n) is 1.72. The Hall–Kier alpha value is -1.95. The van der Waals surface area contributed by atoms with Crippen LogP contribution in [0.2, 0.25) is 0 Å². The molecule has 0 spiro atoms. The summed E-state index contributed by atoms with van der Waals surface area (Å²) in [6.07, 6.45) is 0. The Labute approximate surface area is 126 Å². The van der Waals surface area contributed by atoms with Crippen molar-refractivity contribution in [2.24, 2.45) is 4.99 Å². The molecule has 0 aromatic heterocycles. The van der Waals surface area contributed by atoms with Gasteiger partial charge in [0.05, 0.1) is 20.3 Å². The third kappa shape index (κ3) is 5.91. The summed E-state index contributed by atoms with van der Waals surface area (Å²) in [5.41, 5.74) is 0.875. The number of nitrogens with one attached hydrogen (secondary N) is 2. The molecule has 0 aliphatic carbocycles. The molecular weight excluding hydrogens is 270 g/mol. The van der Waals surface area contributed by atoms with E-state index in [1.807, 2.05) is 32.0 Å². The Kier molecular flexibility index (Phi) is 8.04. The van der Waals surface area contributed by atoms with Gasteiger partial charge in [0.15, 0.2) is 17.5 Å². The summed E-state index contributed by atoms with van der Waals surface area (Å²) < 4.78 is 16.1. The normalized spacial score (nSPS) is 11.1. The largest absolute Gasteiger partial charge is 0.493 e. The Bertz CT molecular complexity index is 450. The molecule has 1 aromatic carbocycles. The number of ether oxygens (including phenoxy) is 3. The van der Waals surface area contributed by atoms with Crippen LogP contribution in [0.15, 0.2) is 23.2 Å². The number of guanidine groups is 1. The fourth-order valence-corrected chi connectivity index (χ4v) is 1.72. The predicted molar refractivity (Wildman–Crippen MR) is 85.6 cm³/mol. The first-order valence-electron chi connectivity index (χ1n) is 7.11. The number of nitrogens with zero attached hydrogens (tertiary/aromatic N) is 1. The second kappa shape index (κ2) is 9.88. The number of methoxy groups -OCH3 is 1. The molecule has 0 heterocycles. The van der Waals surface area contributed by atoms with E-state index in [2.05, 4.69) is 15.6 Å². The number of hydrogen-bond acceptors (Lipinski definition) is 4. The Morgan fingerprint density at radius 2 is 2.00 bits per heavy atom. The van der Waals surface area contributed by atoms with Crippen molar-refractivity contribution in [2.45, 2.75) is 13.8 Å². The van der Waals surface area contributed by atoms with Gasteiger partial charge in [-0.1, -0.05) is 0 Å². The van der Waals surface area contributed by atoms with Crippen LogP contribution in [0.1, 0.15) is 13.8 Å². The molecule has 1 rings (SSSR count). The minimum Gasteiger partial charge on any atom is -0.493 e. The molecule has 6 heteroatoms. The molecule has 6 nitrogen and oxygen atoms in total. The number of rotatable bonds is 8. The van der Waals surface area contributed by atoms with Crippen LogP contribution in [-0.2, 0) is 4.74 Å². The third-order valence-electron chi connectivity index (χ3n) is 2.69. The second-order valence-electron chi connectivity index (χ2n) is 4.12. The van der Waals surface area contributed by atoms with E-state index in [4.69, 9.17) is 14.2 Å². The molecule has 0 saturated carbocycles. The van der Waals surface area contributed by atoms with Gasteiger partial charge in [0, 0.05) is 32.0 Å². The van der Waals surface area contributed by atoms with E-state index in [0.29, 0.717) is 38.1 Å². The highest BCUT2D eigenvalue weighted by atomic mass is 16.5. The van der Waals surface area contributed by atoms with Gasteiger partial charge in [0.1, 0.15) is 0 Å². The first-order chi connectivity index (χ1) is 10.2. The number of anilines is 1. The van der Waals surface area contributed by atoms with Crippen molar-refractivity contribution in [3.05, 3.63) is 18.2 Å². The molecule has 0 saturated heterocycles.